The number of carbonyl (C=O) groups is 3. The molecule has 2 rings (SSSR count). The molecule has 0 saturated carbocycles. The van der Waals surface area contributed by atoms with Crippen LogP contribution in [0.2, 0.25) is 0 Å². The Kier molecular flexibility index (Phi) is 6.27. The molecule has 1 aromatic rings. The van der Waals surface area contributed by atoms with Crippen molar-refractivity contribution in [1.29, 1.82) is 0 Å². The molecule has 0 aliphatic carbocycles. The summed E-state index contributed by atoms with van der Waals surface area (Å²) in [6.07, 6.45) is -0.731. The van der Waals surface area contributed by atoms with E-state index in [-0.39, 0.29) is 30.2 Å². The summed E-state index contributed by atoms with van der Waals surface area (Å²) < 4.78 is 10.3. The van der Waals surface area contributed by atoms with Gasteiger partial charge < -0.3 is 30.2 Å². The van der Waals surface area contributed by atoms with E-state index in [0.717, 1.165) is 0 Å². The van der Waals surface area contributed by atoms with Crippen molar-refractivity contribution >= 4 is 18.0 Å². The number of nitrogens with one attached hydrogen (secondary N) is 3. The Labute approximate surface area is 157 Å². The van der Waals surface area contributed by atoms with Crippen molar-refractivity contribution in [2.75, 3.05) is 13.2 Å². The molecule has 9 heteroatoms. The maximum Gasteiger partial charge on any atom is 0.355 e. The van der Waals surface area contributed by atoms with Gasteiger partial charge >= 0.3 is 18.0 Å². The first-order valence-corrected chi connectivity index (χ1v) is 8.69. The van der Waals surface area contributed by atoms with Crippen LogP contribution < -0.4 is 10.6 Å². The number of hydrogen-bond donors (Lipinski definition) is 4. The first-order chi connectivity index (χ1) is 12.7. The van der Waals surface area contributed by atoms with Gasteiger partial charge in [-0.3, -0.25) is 0 Å². The number of aromatic amines is 1. The van der Waals surface area contributed by atoms with Crippen molar-refractivity contribution in [3.63, 3.8) is 0 Å². The van der Waals surface area contributed by atoms with Crippen LogP contribution in [0.5, 0.6) is 0 Å². The third-order valence-corrected chi connectivity index (χ3v) is 4.33. The summed E-state index contributed by atoms with van der Waals surface area (Å²) in [5.41, 5.74) is 2.50. The van der Waals surface area contributed by atoms with Crippen LogP contribution in [0.1, 0.15) is 54.2 Å². The third-order valence-electron chi connectivity index (χ3n) is 4.33. The van der Waals surface area contributed by atoms with Crippen LogP contribution in [0.25, 0.3) is 0 Å². The second kappa shape index (κ2) is 8.26. The second-order valence-corrected chi connectivity index (χ2v) is 6.35. The minimum absolute atomic E-state index is 0.176. The van der Waals surface area contributed by atoms with E-state index in [4.69, 9.17) is 9.47 Å². The summed E-state index contributed by atoms with van der Waals surface area (Å²) in [7, 11) is 0. The molecule has 0 radical (unpaired) electrons. The fourth-order valence-electron chi connectivity index (χ4n) is 3.20. The molecule has 1 aliphatic heterocycles. The smallest absolute Gasteiger partial charge is 0.355 e. The summed E-state index contributed by atoms with van der Waals surface area (Å²) >= 11 is 0. The summed E-state index contributed by atoms with van der Waals surface area (Å²) in [6, 6.07) is -1.08. The lowest BCUT2D eigenvalue weighted by Gasteiger charge is -2.26. The largest absolute Gasteiger partial charge is 0.463 e. The highest BCUT2D eigenvalue weighted by molar-refractivity contribution is 5.95. The highest BCUT2D eigenvalue weighted by Crippen LogP contribution is 2.25. The Morgan fingerprint density at radius 3 is 2.44 bits per heavy atom. The van der Waals surface area contributed by atoms with Crippen molar-refractivity contribution in [2.45, 2.75) is 46.8 Å². The zero-order valence-electron chi connectivity index (χ0n) is 16.1. The van der Waals surface area contributed by atoms with Crippen LogP contribution in [0.4, 0.5) is 4.79 Å². The molecule has 0 saturated heterocycles. The number of aliphatic hydroxyl groups excluding tert-OH is 1. The molecule has 0 bridgehead atoms. The second-order valence-electron chi connectivity index (χ2n) is 6.35. The van der Waals surface area contributed by atoms with Gasteiger partial charge in [0.2, 0.25) is 0 Å². The number of aliphatic hydroxyl groups is 1. The monoisotopic (exact) mass is 379 g/mol. The SMILES string of the molecule is CCOC(=O)C1=C(COC(=O)c2[nH]c(C)c([C@H](C)O)c2C)NC(=O)N[C@@H]1C. The number of esters is 2. The maximum absolute atomic E-state index is 12.5. The summed E-state index contributed by atoms with van der Waals surface area (Å²) in [5, 5.41) is 14.9. The zero-order valence-corrected chi connectivity index (χ0v) is 16.1. The lowest BCUT2D eigenvalue weighted by molar-refractivity contribution is -0.139. The van der Waals surface area contributed by atoms with E-state index in [0.29, 0.717) is 16.8 Å². The lowest BCUT2D eigenvalue weighted by atomic mass is 10.0. The summed E-state index contributed by atoms with van der Waals surface area (Å²) in [4.78, 5) is 39.3. The Bertz CT molecular complexity index is 793. The third kappa shape index (κ3) is 4.30. The number of carbonyl (C=O) groups excluding carboxylic acids is 3. The topological polar surface area (TPSA) is 130 Å². The minimum Gasteiger partial charge on any atom is -0.463 e. The normalized spacial score (nSPS) is 17.9. The molecule has 148 valence electrons. The van der Waals surface area contributed by atoms with E-state index in [2.05, 4.69) is 15.6 Å². The van der Waals surface area contributed by atoms with E-state index in [9.17, 15) is 19.5 Å². The molecule has 0 aromatic carbocycles. The van der Waals surface area contributed by atoms with Crippen molar-refractivity contribution in [3.8, 4) is 0 Å². The standard InChI is InChI=1S/C18H25N3O6/c1-6-26-16(23)14-10(4)20-18(25)21-12(14)7-27-17(24)15-8(2)13(11(5)22)9(3)19-15/h10-11,19,22H,6-7H2,1-5H3,(H2,20,21,25)/t10-,11+/m1/s1. The molecule has 2 heterocycles. The minimum atomic E-state index is -0.731. The molecule has 1 aliphatic rings. The maximum atomic E-state index is 12.5. The average molecular weight is 379 g/mol. The van der Waals surface area contributed by atoms with Crippen molar-refractivity contribution < 1.29 is 29.0 Å². The molecule has 2 amide bonds. The zero-order chi connectivity index (χ0) is 20.3. The van der Waals surface area contributed by atoms with E-state index in [1.54, 1.807) is 34.6 Å². The van der Waals surface area contributed by atoms with Crippen LogP contribution >= 0.6 is 0 Å². The van der Waals surface area contributed by atoms with Gasteiger partial charge in [-0.1, -0.05) is 0 Å². The number of rotatable bonds is 6. The molecule has 0 spiro atoms. The van der Waals surface area contributed by atoms with Crippen molar-refractivity contribution in [1.82, 2.24) is 15.6 Å². The molecule has 0 fully saturated rings. The van der Waals surface area contributed by atoms with E-state index in [1.807, 2.05) is 0 Å². The first-order valence-electron chi connectivity index (χ1n) is 8.69. The first kappa shape index (κ1) is 20.5. The number of hydrogen-bond acceptors (Lipinski definition) is 6. The molecule has 27 heavy (non-hydrogen) atoms. The van der Waals surface area contributed by atoms with Gasteiger partial charge in [-0.2, -0.15) is 0 Å². The van der Waals surface area contributed by atoms with E-state index >= 15 is 0 Å². The van der Waals surface area contributed by atoms with E-state index in [1.165, 1.54) is 0 Å². The Hall–Kier alpha value is -2.81. The van der Waals surface area contributed by atoms with Crippen molar-refractivity contribution in [2.24, 2.45) is 0 Å². The number of urea groups is 1. The highest BCUT2D eigenvalue weighted by Gasteiger charge is 2.30. The predicted octanol–water partition coefficient (Wildman–Crippen LogP) is 1.36. The van der Waals surface area contributed by atoms with Crippen LogP contribution in [0.3, 0.4) is 0 Å². The highest BCUT2D eigenvalue weighted by atomic mass is 16.5. The summed E-state index contributed by atoms with van der Waals surface area (Å²) in [5.74, 6) is -1.24. The Morgan fingerprint density at radius 2 is 1.89 bits per heavy atom. The van der Waals surface area contributed by atoms with Gasteiger partial charge in [-0.25, -0.2) is 14.4 Å². The van der Waals surface area contributed by atoms with Crippen LogP contribution in [-0.2, 0) is 14.3 Å². The fraction of sp³-hybridized carbons (Fsp3) is 0.500. The Morgan fingerprint density at radius 1 is 1.22 bits per heavy atom. The van der Waals surface area contributed by atoms with Gasteiger partial charge in [0.15, 0.2) is 0 Å². The number of ether oxygens (including phenoxy) is 2. The van der Waals surface area contributed by atoms with Gasteiger partial charge in [-0.15, -0.1) is 0 Å². The van der Waals surface area contributed by atoms with Gasteiger partial charge in [0.1, 0.15) is 12.3 Å². The van der Waals surface area contributed by atoms with Gasteiger partial charge in [0.05, 0.1) is 30.0 Å². The molecule has 2 atom stereocenters. The molecule has 9 nitrogen and oxygen atoms in total. The molecule has 4 N–H and O–H groups in total. The van der Waals surface area contributed by atoms with Crippen molar-refractivity contribution in [3.05, 3.63) is 33.8 Å². The predicted molar refractivity (Wildman–Crippen MR) is 96.0 cm³/mol. The van der Waals surface area contributed by atoms with Crippen LogP contribution in [-0.4, -0.2) is 47.3 Å². The number of aromatic nitrogens is 1. The Balaban J connectivity index is 2.23. The molecule has 0 unspecified atom stereocenters. The number of amides is 2. The molecular formula is C18H25N3O6. The lowest BCUT2D eigenvalue weighted by Crippen LogP contribution is -2.50. The molecule has 1 aromatic heterocycles. The van der Waals surface area contributed by atoms with E-state index < -0.39 is 30.1 Å². The van der Waals surface area contributed by atoms with Gasteiger partial charge in [-0.05, 0) is 40.2 Å². The van der Waals surface area contributed by atoms with Gasteiger partial charge in [0.25, 0.3) is 0 Å². The fourth-order valence-corrected chi connectivity index (χ4v) is 3.20. The van der Waals surface area contributed by atoms with Crippen LogP contribution in [0, 0.1) is 13.8 Å². The summed E-state index contributed by atoms with van der Waals surface area (Å²) in [6.45, 7) is 8.27. The van der Waals surface area contributed by atoms with Crippen LogP contribution in [0.15, 0.2) is 11.3 Å². The average Bonchev–Trinajstić information content (AvgIpc) is 2.86. The number of H-pyrrole nitrogens is 1. The quantitative estimate of drug-likeness (QED) is 0.552. The number of aryl methyl sites for hydroxylation is 1. The van der Waals surface area contributed by atoms with Gasteiger partial charge in [0, 0.05) is 11.3 Å². The molecular weight excluding hydrogens is 354 g/mol.